The van der Waals surface area contributed by atoms with Gasteiger partial charge in [0, 0.05) is 19.2 Å². The first-order chi connectivity index (χ1) is 8.04. The molecule has 17 heavy (non-hydrogen) atoms. The van der Waals surface area contributed by atoms with Crippen LogP contribution in [0.5, 0.6) is 0 Å². The molecule has 0 saturated carbocycles. The third-order valence-corrected chi connectivity index (χ3v) is 3.47. The number of nitrogens with two attached hydrogens (primary N) is 1. The van der Waals surface area contributed by atoms with E-state index in [9.17, 15) is 0 Å². The average Bonchev–Trinajstić information content (AvgIpc) is 2.68. The molecule has 2 rings (SSSR count). The molecular formula is C14H19N3. The van der Waals surface area contributed by atoms with Crippen LogP contribution >= 0.6 is 0 Å². The van der Waals surface area contributed by atoms with Gasteiger partial charge in [-0.2, -0.15) is 5.10 Å². The number of aryl methyl sites for hydroxylation is 2. The van der Waals surface area contributed by atoms with Gasteiger partial charge in [-0.05, 0) is 43.5 Å². The molecule has 1 aromatic carbocycles. The van der Waals surface area contributed by atoms with Crippen molar-refractivity contribution in [1.82, 2.24) is 9.78 Å². The second kappa shape index (κ2) is 4.34. The van der Waals surface area contributed by atoms with Crippen molar-refractivity contribution in [2.75, 3.05) is 0 Å². The molecule has 0 fully saturated rings. The van der Waals surface area contributed by atoms with Gasteiger partial charge in [0.25, 0.3) is 0 Å². The van der Waals surface area contributed by atoms with Crippen LogP contribution in [0, 0.1) is 20.8 Å². The zero-order valence-corrected chi connectivity index (χ0v) is 10.9. The lowest BCUT2D eigenvalue weighted by molar-refractivity contribution is 0.749. The van der Waals surface area contributed by atoms with E-state index in [2.05, 4.69) is 44.1 Å². The molecule has 3 heteroatoms. The van der Waals surface area contributed by atoms with Crippen molar-refractivity contribution in [3.8, 4) is 11.3 Å². The Hall–Kier alpha value is -1.61. The van der Waals surface area contributed by atoms with Crippen molar-refractivity contribution >= 4 is 0 Å². The fourth-order valence-corrected chi connectivity index (χ4v) is 2.11. The van der Waals surface area contributed by atoms with E-state index < -0.39 is 0 Å². The summed E-state index contributed by atoms with van der Waals surface area (Å²) in [6, 6.07) is 6.39. The van der Waals surface area contributed by atoms with Gasteiger partial charge in [0.05, 0.1) is 11.4 Å². The fourth-order valence-electron chi connectivity index (χ4n) is 2.11. The lowest BCUT2D eigenvalue weighted by Crippen LogP contribution is -1.99. The highest BCUT2D eigenvalue weighted by molar-refractivity contribution is 5.66. The maximum atomic E-state index is 5.63. The van der Waals surface area contributed by atoms with Crippen molar-refractivity contribution in [1.29, 1.82) is 0 Å². The third-order valence-electron chi connectivity index (χ3n) is 3.47. The Bertz CT molecular complexity index is 553. The lowest BCUT2D eigenvalue weighted by Gasteiger charge is -2.11. The zero-order valence-electron chi connectivity index (χ0n) is 10.9. The summed E-state index contributed by atoms with van der Waals surface area (Å²) in [6.07, 6.45) is 0. The minimum atomic E-state index is 0.484. The average molecular weight is 229 g/mol. The zero-order chi connectivity index (χ0) is 12.6. The second-order valence-electron chi connectivity index (χ2n) is 4.53. The smallest absolute Gasteiger partial charge is 0.0766 e. The Morgan fingerprint density at radius 3 is 2.47 bits per heavy atom. The van der Waals surface area contributed by atoms with Gasteiger partial charge >= 0.3 is 0 Å². The summed E-state index contributed by atoms with van der Waals surface area (Å²) in [5, 5.41) is 4.39. The number of aromatic nitrogens is 2. The fraction of sp³-hybridized carbons (Fsp3) is 0.357. The molecule has 0 spiro atoms. The second-order valence-corrected chi connectivity index (χ2v) is 4.53. The number of rotatable bonds is 2. The Labute approximate surface area is 102 Å². The van der Waals surface area contributed by atoms with Crippen LogP contribution in [0.1, 0.15) is 22.4 Å². The molecule has 0 saturated heterocycles. The van der Waals surface area contributed by atoms with Crippen molar-refractivity contribution in [2.24, 2.45) is 12.8 Å². The van der Waals surface area contributed by atoms with E-state index in [1.165, 1.54) is 22.3 Å². The normalized spacial score (nSPS) is 10.9. The highest BCUT2D eigenvalue weighted by atomic mass is 15.3. The molecule has 0 aliphatic rings. The first kappa shape index (κ1) is 11.9. The minimum absolute atomic E-state index is 0.484. The summed E-state index contributed by atoms with van der Waals surface area (Å²) in [7, 11) is 1.96. The molecule has 90 valence electrons. The van der Waals surface area contributed by atoms with Gasteiger partial charge in [0.1, 0.15) is 0 Å². The summed E-state index contributed by atoms with van der Waals surface area (Å²) in [4.78, 5) is 0. The summed E-state index contributed by atoms with van der Waals surface area (Å²) >= 11 is 0. The van der Waals surface area contributed by atoms with Crippen LogP contribution in [0.3, 0.4) is 0 Å². The van der Waals surface area contributed by atoms with Gasteiger partial charge < -0.3 is 5.73 Å². The van der Waals surface area contributed by atoms with Crippen LogP contribution in [0.25, 0.3) is 11.3 Å². The van der Waals surface area contributed by atoms with Crippen molar-refractivity contribution < 1.29 is 0 Å². The van der Waals surface area contributed by atoms with E-state index in [1.807, 2.05) is 11.7 Å². The first-order valence-corrected chi connectivity index (χ1v) is 5.84. The van der Waals surface area contributed by atoms with E-state index >= 15 is 0 Å². The predicted octanol–water partition coefficient (Wildman–Crippen LogP) is 2.47. The Balaban J connectivity index is 2.60. The Kier molecular flexibility index (Phi) is 3.03. The van der Waals surface area contributed by atoms with Gasteiger partial charge in [0.2, 0.25) is 0 Å². The molecule has 3 nitrogen and oxygen atoms in total. The van der Waals surface area contributed by atoms with Gasteiger partial charge in [-0.25, -0.2) is 0 Å². The van der Waals surface area contributed by atoms with Crippen LogP contribution < -0.4 is 5.73 Å². The monoisotopic (exact) mass is 229 g/mol. The first-order valence-electron chi connectivity index (χ1n) is 5.84. The summed E-state index contributed by atoms with van der Waals surface area (Å²) in [6.45, 7) is 6.94. The molecule has 1 heterocycles. The van der Waals surface area contributed by atoms with Crippen LogP contribution in [-0.2, 0) is 13.6 Å². The van der Waals surface area contributed by atoms with Gasteiger partial charge in [0.15, 0.2) is 0 Å². The molecule has 1 aromatic heterocycles. The Morgan fingerprint density at radius 2 is 1.88 bits per heavy atom. The van der Waals surface area contributed by atoms with Gasteiger partial charge in [-0.3, -0.25) is 4.68 Å². The number of hydrogen-bond donors (Lipinski definition) is 1. The number of hydrogen-bond acceptors (Lipinski definition) is 2. The lowest BCUT2D eigenvalue weighted by atomic mass is 9.97. The molecule has 2 N–H and O–H groups in total. The van der Waals surface area contributed by atoms with Crippen molar-refractivity contribution in [3.05, 3.63) is 40.6 Å². The number of benzene rings is 1. The molecule has 0 radical (unpaired) electrons. The molecule has 2 aromatic rings. The topological polar surface area (TPSA) is 43.8 Å². The standard InChI is InChI=1S/C14H19N3/c1-9-5-6-13(11(3)10(9)2)14-7-12(8-15)16-17(14)4/h5-7H,8,15H2,1-4H3. The molecule has 0 aliphatic heterocycles. The van der Waals surface area contributed by atoms with E-state index in [4.69, 9.17) is 5.73 Å². The molecule has 0 amide bonds. The molecule has 0 atom stereocenters. The van der Waals surface area contributed by atoms with Crippen LogP contribution in [0.15, 0.2) is 18.2 Å². The van der Waals surface area contributed by atoms with Crippen molar-refractivity contribution in [3.63, 3.8) is 0 Å². The summed E-state index contributed by atoms with van der Waals surface area (Å²) in [5.41, 5.74) is 12.9. The predicted molar refractivity (Wildman–Crippen MR) is 70.7 cm³/mol. The summed E-state index contributed by atoms with van der Waals surface area (Å²) < 4.78 is 1.90. The van der Waals surface area contributed by atoms with E-state index in [0.717, 1.165) is 11.4 Å². The molecular weight excluding hydrogens is 210 g/mol. The third kappa shape index (κ3) is 1.98. The Morgan fingerprint density at radius 1 is 1.18 bits per heavy atom. The van der Waals surface area contributed by atoms with Gasteiger partial charge in [-0.15, -0.1) is 0 Å². The van der Waals surface area contributed by atoms with Crippen LogP contribution in [-0.4, -0.2) is 9.78 Å². The maximum Gasteiger partial charge on any atom is 0.0766 e. The van der Waals surface area contributed by atoms with Gasteiger partial charge in [-0.1, -0.05) is 12.1 Å². The minimum Gasteiger partial charge on any atom is -0.325 e. The van der Waals surface area contributed by atoms with Crippen LogP contribution in [0.2, 0.25) is 0 Å². The quantitative estimate of drug-likeness (QED) is 0.859. The molecule has 0 bridgehead atoms. The number of nitrogens with zero attached hydrogens (tertiary/aromatic N) is 2. The maximum absolute atomic E-state index is 5.63. The largest absolute Gasteiger partial charge is 0.325 e. The highest BCUT2D eigenvalue weighted by Crippen LogP contribution is 2.27. The van der Waals surface area contributed by atoms with Crippen molar-refractivity contribution in [2.45, 2.75) is 27.3 Å². The van der Waals surface area contributed by atoms with Crippen LogP contribution in [0.4, 0.5) is 0 Å². The van der Waals surface area contributed by atoms with E-state index in [1.54, 1.807) is 0 Å². The molecule has 0 unspecified atom stereocenters. The highest BCUT2D eigenvalue weighted by Gasteiger charge is 2.11. The van der Waals surface area contributed by atoms with E-state index in [-0.39, 0.29) is 0 Å². The summed E-state index contributed by atoms with van der Waals surface area (Å²) in [5.74, 6) is 0. The van der Waals surface area contributed by atoms with E-state index in [0.29, 0.717) is 6.54 Å². The molecule has 0 aliphatic carbocycles. The SMILES string of the molecule is Cc1ccc(-c2cc(CN)nn2C)c(C)c1C.